The van der Waals surface area contributed by atoms with Crippen LogP contribution in [0.5, 0.6) is 5.88 Å². The second kappa shape index (κ2) is 9.58. The normalized spacial score (nSPS) is 19.1. The lowest BCUT2D eigenvalue weighted by molar-refractivity contribution is -0.163. The van der Waals surface area contributed by atoms with Crippen LogP contribution in [0.25, 0.3) is 22.4 Å². The second-order valence-corrected chi connectivity index (χ2v) is 9.69. The molecule has 1 aliphatic carbocycles. The van der Waals surface area contributed by atoms with Gasteiger partial charge in [0.25, 0.3) is 0 Å². The van der Waals surface area contributed by atoms with Crippen LogP contribution in [0.3, 0.4) is 0 Å². The molecule has 1 aromatic carbocycles. The highest BCUT2D eigenvalue weighted by molar-refractivity contribution is 9.10. The monoisotopic (exact) mass is 502 g/mol. The van der Waals surface area contributed by atoms with Gasteiger partial charge in [0.1, 0.15) is 30.0 Å². The molecule has 0 saturated heterocycles. The van der Waals surface area contributed by atoms with Crippen LogP contribution in [0.15, 0.2) is 45.5 Å². The minimum atomic E-state index is -0.520. The van der Waals surface area contributed by atoms with Crippen molar-refractivity contribution < 1.29 is 23.4 Å². The number of ether oxygens (including phenoxy) is 3. The summed E-state index contributed by atoms with van der Waals surface area (Å²) >= 11 is 3.65. The van der Waals surface area contributed by atoms with Gasteiger partial charge in [0.2, 0.25) is 11.6 Å². The minimum absolute atomic E-state index is 0.0554. The molecule has 0 aliphatic heterocycles. The first-order chi connectivity index (χ1) is 15.3. The molecule has 1 saturated carbocycles. The zero-order valence-corrected chi connectivity index (χ0v) is 20.1. The molecule has 0 unspecified atom stereocenters. The topological polar surface area (TPSA) is 83.7 Å². The number of hydrogen-bond acceptors (Lipinski definition) is 7. The Bertz CT molecular complexity index is 1080. The zero-order chi connectivity index (χ0) is 22.7. The zero-order valence-electron chi connectivity index (χ0n) is 18.5. The number of furan rings is 1. The van der Waals surface area contributed by atoms with Gasteiger partial charge in [0.15, 0.2) is 5.76 Å². The molecule has 1 aliphatic rings. The molecule has 2 aromatic heterocycles. The third kappa shape index (κ3) is 5.48. The SMILES string of the molecule is CC(C)(C)OC(=O)CO[C@H]1CCC[C@H](Oc2ncnc3oc(-c4ccccc4)c(Br)c23)C1. The maximum Gasteiger partial charge on any atom is 0.332 e. The van der Waals surface area contributed by atoms with Gasteiger partial charge in [-0.2, -0.15) is 0 Å². The fourth-order valence-corrected chi connectivity index (χ4v) is 4.46. The molecule has 0 N–H and O–H groups in total. The molecule has 8 heteroatoms. The molecule has 1 fully saturated rings. The number of carbonyl (C=O) groups is 1. The van der Waals surface area contributed by atoms with E-state index in [1.54, 1.807) is 0 Å². The minimum Gasteiger partial charge on any atom is -0.474 e. The Labute approximate surface area is 195 Å². The first kappa shape index (κ1) is 22.7. The smallest absolute Gasteiger partial charge is 0.332 e. The number of rotatable bonds is 6. The summed E-state index contributed by atoms with van der Waals surface area (Å²) in [5, 5.41) is 0.711. The molecule has 32 heavy (non-hydrogen) atoms. The third-order valence-electron chi connectivity index (χ3n) is 5.14. The predicted octanol–water partition coefficient (Wildman–Crippen LogP) is 5.70. The molecule has 4 rings (SSSR count). The van der Waals surface area contributed by atoms with E-state index >= 15 is 0 Å². The van der Waals surface area contributed by atoms with E-state index in [-0.39, 0.29) is 24.8 Å². The molecule has 0 amide bonds. The van der Waals surface area contributed by atoms with E-state index in [4.69, 9.17) is 18.6 Å². The van der Waals surface area contributed by atoms with Crippen molar-refractivity contribution in [3.63, 3.8) is 0 Å². The van der Waals surface area contributed by atoms with Crippen molar-refractivity contribution in [3.05, 3.63) is 41.1 Å². The summed E-state index contributed by atoms with van der Waals surface area (Å²) in [6, 6.07) is 9.82. The van der Waals surface area contributed by atoms with Crippen molar-refractivity contribution >= 4 is 33.0 Å². The van der Waals surface area contributed by atoms with Crippen molar-refractivity contribution in [1.29, 1.82) is 0 Å². The largest absolute Gasteiger partial charge is 0.474 e. The van der Waals surface area contributed by atoms with Gasteiger partial charge < -0.3 is 18.6 Å². The Hall–Kier alpha value is -2.45. The Kier molecular flexibility index (Phi) is 6.81. The van der Waals surface area contributed by atoms with E-state index in [1.807, 2.05) is 51.1 Å². The average molecular weight is 503 g/mol. The molecule has 2 atom stereocenters. The number of esters is 1. The van der Waals surface area contributed by atoms with Crippen molar-refractivity contribution in [1.82, 2.24) is 9.97 Å². The molecule has 3 aromatic rings. The lowest BCUT2D eigenvalue weighted by Gasteiger charge is -2.29. The molecule has 170 valence electrons. The Balaban J connectivity index is 1.45. The molecule has 0 bridgehead atoms. The molecule has 2 heterocycles. The number of aromatic nitrogens is 2. The first-order valence-corrected chi connectivity index (χ1v) is 11.6. The summed E-state index contributed by atoms with van der Waals surface area (Å²) in [5.74, 6) is 0.813. The molecular formula is C24H27BrN2O5. The summed E-state index contributed by atoms with van der Waals surface area (Å²) in [4.78, 5) is 20.6. The van der Waals surface area contributed by atoms with Crippen LogP contribution in [0.4, 0.5) is 0 Å². The maximum absolute atomic E-state index is 12.0. The highest BCUT2D eigenvalue weighted by Crippen LogP contribution is 2.41. The number of hydrogen-bond donors (Lipinski definition) is 0. The van der Waals surface area contributed by atoms with E-state index in [0.29, 0.717) is 29.2 Å². The van der Waals surface area contributed by atoms with E-state index in [1.165, 1.54) is 6.33 Å². The Morgan fingerprint density at radius 3 is 2.66 bits per heavy atom. The van der Waals surface area contributed by atoms with Gasteiger partial charge >= 0.3 is 5.97 Å². The van der Waals surface area contributed by atoms with Crippen molar-refractivity contribution in [3.8, 4) is 17.2 Å². The van der Waals surface area contributed by atoms with Crippen LogP contribution < -0.4 is 4.74 Å². The quantitative estimate of drug-likeness (QED) is 0.399. The van der Waals surface area contributed by atoms with Gasteiger partial charge in [0, 0.05) is 12.0 Å². The van der Waals surface area contributed by atoms with Gasteiger partial charge in [-0.15, -0.1) is 0 Å². The van der Waals surface area contributed by atoms with Crippen LogP contribution in [0, 0.1) is 0 Å². The van der Waals surface area contributed by atoms with Gasteiger partial charge in [-0.3, -0.25) is 0 Å². The Morgan fingerprint density at radius 1 is 1.16 bits per heavy atom. The van der Waals surface area contributed by atoms with Gasteiger partial charge in [0.05, 0.1) is 10.6 Å². The summed E-state index contributed by atoms with van der Waals surface area (Å²) < 4.78 is 24.2. The van der Waals surface area contributed by atoms with Crippen molar-refractivity contribution in [2.45, 2.75) is 64.3 Å². The second-order valence-electron chi connectivity index (χ2n) is 8.90. The van der Waals surface area contributed by atoms with Gasteiger partial charge in [-0.1, -0.05) is 30.3 Å². The lowest BCUT2D eigenvalue weighted by atomic mass is 9.95. The number of halogens is 1. The van der Waals surface area contributed by atoms with Crippen LogP contribution in [0.2, 0.25) is 0 Å². The lowest BCUT2D eigenvalue weighted by Crippen LogP contribution is -2.33. The van der Waals surface area contributed by atoms with Crippen LogP contribution in [-0.2, 0) is 14.3 Å². The van der Waals surface area contributed by atoms with Crippen molar-refractivity contribution in [2.24, 2.45) is 0 Å². The number of fused-ring (bicyclic) bond motifs is 1. The molecule has 0 spiro atoms. The van der Waals surface area contributed by atoms with E-state index in [9.17, 15) is 4.79 Å². The Morgan fingerprint density at radius 2 is 1.91 bits per heavy atom. The van der Waals surface area contributed by atoms with E-state index in [2.05, 4.69) is 25.9 Å². The number of benzene rings is 1. The van der Waals surface area contributed by atoms with E-state index in [0.717, 1.165) is 29.3 Å². The highest BCUT2D eigenvalue weighted by atomic mass is 79.9. The highest BCUT2D eigenvalue weighted by Gasteiger charge is 2.28. The number of nitrogens with zero attached hydrogens (tertiary/aromatic N) is 2. The fourth-order valence-electron chi connectivity index (χ4n) is 3.81. The fraction of sp³-hybridized carbons (Fsp3) is 0.458. The summed E-state index contributed by atoms with van der Waals surface area (Å²) in [6.07, 6.45) is 4.70. The van der Waals surface area contributed by atoms with Crippen LogP contribution >= 0.6 is 15.9 Å². The van der Waals surface area contributed by atoms with E-state index < -0.39 is 5.60 Å². The number of carbonyl (C=O) groups excluding carboxylic acids is 1. The van der Waals surface area contributed by atoms with Crippen LogP contribution in [-0.4, -0.2) is 40.4 Å². The molecular weight excluding hydrogens is 476 g/mol. The van der Waals surface area contributed by atoms with Gasteiger partial charge in [-0.05, 0) is 56.0 Å². The predicted molar refractivity (Wildman–Crippen MR) is 123 cm³/mol. The summed E-state index contributed by atoms with van der Waals surface area (Å²) in [5.41, 5.74) is 0.888. The molecule has 0 radical (unpaired) electrons. The maximum atomic E-state index is 12.0. The van der Waals surface area contributed by atoms with Crippen LogP contribution in [0.1, 0.15) is 46.5 Å². The summed E-state index contributed by atoms with van der Waals surface area (Å²) in [6.45, 7) is 5.47. The standard InChI is InChI=1S/C24H27BrN2O5/c1-24(2,3)32-18(28)13-29-16-10-7-11-17(12-16)30-22-19-20(25)21(15-8-5-4-6-9-15)31-23(19)27-14-26-22/h4-6,8-9,14,16-17H,7,10-13H2,1-3H3/t16-,17-/m0/s1. The van der Waals surface area contributed by atoms with Gasteiger partial charge in [-0.25, -0.2) is 14.8 Å². The van der Waals surface area contributed by atoms with Crippen molar-refractivity contribution in [2.75, 3.05) is 6.61 Å². The summed E-state index contributed by atoms with van der Waals surface area (Å²) in [7, 11) is 0. The first-order valence-electron chi connectivity index (χ1n) is 10.8. The molecule has 7 nitrogen and oxygen atoms in total. The third-order valence-corrected chi connectivity index (χ3v) is 5.90. The average Bonchev–Trinajstić information content (AvgIpc) is 3.10.